The lowest BCUT2D eigenvalue weighted by atomic mass is 10.1. The first-order chi connectivity index (χ1) is 5.75. The fourth-order valence-electron chi connectivity index (χ4n) is 1.17. The lowest BCUT2D eigenvalue weighted by Gasteiger charge is -2.12. The van der Waals surface area contributed by atoms with Crippen molar-refractivity contribution in [2.45, 2.75) is 20.0 Å². The molecule has 1 N–H and O–H groups in total. The Kier molecular flexibility index (Phi) is 3.11. The predicted molar refractivity (Wildman–Crippen MR) is 48.1 cm³/mol. The summed E-state index contributed by atoms with van der Waals surface area (Å²) in [5.74, 6) is 0.304. The second kappa shape index (κ2) is 4.12. The summed E-state index contributed by atoms with van der Waals surface area (Å²) in [4.78, 5) is 0. The van der Waals surface area contributed by atoms with E-state index in [1.54, 1.807) is 12.1 Å². The van der Waals surface area contributed by atoms with E-state index < -0.39 is 0 Å². The van der Waals surface area contributed by atoms with Gasteiger partial charge in [-0.2, -0.15) is 0 Å². The van der Waals surface area contributed by atoms with E-state index in [1.165, 1.54) is 0 Å². The van der Waals surface area contributed by atoms with Crippen LogP contribution in [0.1, 0.15) is 25.5 Å². The molecule has 1 aromatic carbocycles. The molecule has 0 radical (unpaired) electrons. The fourth-order valence-corrected chi connectivity index (χ4v) is 1.17. The topological polar surface area (TPSA) is 29.5 Å². The lowest BCUT2D eigenvalue weighted by molar-refractivity contribution is 0.0746. The van der Waals surface area contributed by atoms with Crippen LogP contribution < -0.4 is 0 Å². The van der Waals surface area contributed by atoms with Gasteiger partial charge >= 0.3 is 0 Å². The number of benzene rings is 1. The molecule has 0 aliphatic carbocycles. The van der Waals surface area contributed by atoms with E-state index >= 15 is 0 Å². The van der Waals surface area contributed by atoms with Gasteiger partial charge in [-0.1, -0.05) is 18.2 Å². The zero-order valence-corrected chi connectivity index (χ0v) is 7.45. The van der Waals surface area contributed by atoms with Gasteiger partial charge in [0.1, 0.15) is 5.75 Å². The van der Waals surface area contributed by atoms with Gasteiger partial charge in [0.05, 0.1) is 6.10 Å². The van der Waals surface area contributed by atoms with E-state index in [1.807, 2.05) is 26.0 Å². The maximum absolute atomic E-state index is 9.43. The van der Waals surface area contributed by atoms with Gasteiger partial charge in [-0.25, -0.2) is 0 Å². The minimum Gasteiger partial charge on any atom is -0.508 e. The average molecular weight is 166 g/mol. The van der Waals surface area contributed by atoms with Crippen molar-refractivity contribution >= 4 is 0 Å². The van der Waals surface area contributed by atoms with Crippen LogP contribution in [0.25, 0.3) is 0 Å². The van der Waals surface area contributed by atoms with Crippen molar-refractivity contribution in [3.8, 4) is 5.75 Å². The molecule has 1 rings (SSSR count). The van der Waals surface area contributed by atoms with Crippen molar-refractivity contribution < 1.29 is 9.84 Å². The van der Waals surface area contributed by atoms with Gasteiger partial charge in [-0.05, 0) is 19.9 Å². The summed E-state index contributed by atoms with van der Waals surface area (Å²) < 4.78 is 5.35. The van der Waals surface area contributed by atoms with Crippen molar-refractivity contribution in [2.24, 2.45) is 0 Å². The minimum absolute atomic E-state index is 0.0313. The average Bonchev–Trinajstić information content (AvgIpc) is 2.05. The first-order valence-corrected chi connectivity index (χ1v) is 4.15. The number of para-hydroxylation sites is 1. The Morgan fingerprint density at radius 3 is 2.67 bits per heavy atom. The molecule has 0 aliphatic heterocycles. The van der Waals surface area contributed by atoms with Gasteiger partial charge in [0.15, 0.2) is 0 Å². The van der Waals surface area contributed by atoms with Gasteiger partial charge in [0.25, 0.3) is 0 Å². The Balaban J connectivity index is 2.79. The summed E-state index contributed by atoms with van der Waals surface area (Å²) in [6, 6.07) is 7.24. The number of aromatic hydroxyl groups is 1. The summed E-state index contributed by atoms with van der Waals surface area (Å²) in [5, 5.41) is 9.43. The van der Waals surface area contributed by atoms with Crippen LogP contribution in [0.2, 0.25) is 0 Å². The number of phenolic OH excluding ortho intramolecular Hbond substituents is 1. The molecule has 1 unspecified atom stereocenters. The summed E-state index contributed by atoms with van der Waals surface area (Å²) in [6.45, 7) is 4.53. The maximum atomic E-state index is 9.43. The first kappa shape index (κ1) is 9.07. The second-order valence-electron chi connectivity index (χ2n) is 2.66. The van der Waals surface area contributed by atoms with Crippen molar-refractivity contribution in [1.29, 1.82) is 0 Å². The molecule has 0 saturated heterocycles. The summed E-state index contributed by atoms with van der Waals surface area (Å²) in [7, 11) is 0. The second-order valence-corrected chi connectivity index (χ2v) is 2.66. The molecule has 1 atom stereocenters. The molecule has 2 heteroatoms. The number of hydrogen-bond acceptors (Lipinski definition) is 2. The molecule has 0 amide bonds. The Labute approximate surface area is 72.8 Å². The smallest absolute Gasteiger partial charge is 0.121 e. The third-order valence-corrected chi connectivity index (χ3v) is 1.79. The van der Waals surface area contributed by atoms with E-state index in [0.717, 1.165) is 5.56 Å². The van der Waals surface area contributed by atoms with Gasteiger partial charge in [-0.3, -0.25) is 0 Å². The van der Waals surface area contributed by atoms with Gasteiger partial charge in [-0.15, -0.1) is 0 Å². The number of phenols is 1. The highest BCUT2D eigenvalue weighted by atomic mass is 16.5. The third-order valence-electron chi connectivity index (χ3n) is 1.79. The number of rotatable bonds is 3. The van der Waals surface area contributed by atoms with E-state index in [4.69, 9.17) is 4.74 Å². The summed E-state index contributed by atoms with van der Waals surface area (Å²) >= 11 is 0. The fraction of sp³-hybridized carbons (Fsp3) is 0.400. The normalized spacial score (nSPS) is 12.8. The van der Waals surface area contributed by atoms with Crippen LogP contribution in [-0.4, -0.2) is 11.7 Å². The maximum Gasteiger partial charge on any atom is 0.121 e. The highest BCUT2D eigenvalue weighted by Gasteiger charge is 2.07. The van der Waals surface area contributed by atoms with Crippen LogP contribution >= 0.6 is 0 Å². The van der Waals surface area contributed by atoms with Crippen LogP contribution in [0.5, 0.6) is 5.75 Å². The summed E-state index contributed by atoms with van der Waals surface area (Å²) in [6.07, 6.45) is -0.0313. The molecule has 1 aromatic rings. The molecule has 0 bridgehead atoms. The van der Waals surface area contributed by atoms with Crippen LogP contribution in [0, 0.1) is 0 Å². The van der Waals surface area contributed by atoms with Crippen molar-refractivity contribution in [1.82, 2.24) is 0 Å². The molecular weight excluding hydrogens is 152 g/mol. The Morgan fingerprint density at radius 1 is 1.42 bits per heavy atom. The summed E-state index contributed by atoms with van der Waals surface area (Å²) in [5.41, 5.74) is 0.847. The Bertz CT molecular complexity index is 245. The SMILES string of the molecule is CCOC(C)c1ccccc1O. The van der Waals surface area contributed by atoms with Gasteiger partial charge in [0, 0.05) is 12.2 Å². The number of ether oxygens (including phenoxy) is 1. The third kappa shape index (κ3) is 1.98. The van der Waals surface area contributed by atoms with E-state index in [0.29, 0.717) is 12.4 Å². The van der Waals surface area contributed by atoms with Gasteiger partial charge in [0.2, 0.25) is 0 Å². The molecule has 0 spiro atoms. The zero-order valence-electron chi connectivity index (χ0n) is 7.45. The molecule has 0 saturated carbocycles. The highest BCUT2D eigenvalue weighted by molar-refractivity contribution is 5.33. The van der Waals surface area contributed by atoms with Crippen molar-refractivity contribution in [2.75, 3.05) is 6.61 Å². The van der Waals surface area contributed by atoms with Crippen LogP contribution in [0.4, 0.5) is 0 Å². The zero-order chi connectivity index (χ0) is 8.97. The molecular formula is C10H14O2. The number of hydrogen-bond donors (Lipinski definition) is 1. The molecule has 0 aliphatic rings. The van der Waals surface area contributed by atoms with Crippen molar-refractivity contribution in [3.63, 3.8) is 0 Å². The largest absolute Gasteiger partial charge is 0.508 e. The van der Waals surface area contributed by atoms with E-state index in [2.05, 4.69) is 0 Å². The van der Waals surface area contributed by atoms with Crippen molar-refractivity contribution in [3.05, 3.63) is 29.8 Å². The Hall–Kier alpha value is -1.02. The highest BCUT2D eigenvalue weighted by Crippen LogP contribution is 2.25. The first-order valence-electron chi connectivity index (χ1n) is 4.15. The predicted octanol–water partition coefficient (Wildman–Crippen LogP) is 2.49. The molecule has 66 valence electrons. The minimum atomic E-state index is -0.0313. The molecule has 0 heterocycles. The van der Waals surface area contributed by atoms with Crippen LogP contribution in [0.3, 0.4) is 0 Å². The molecule has 2 nitrogen and oxygen atoms in total. The van der Waals surface area contributed by atoms with E-state index in [9.17, 15) is 5.11 Å². The molecule has 12 heavy (non-hydrogen) atoms. The van der Waals surface area contributed by atoms with Gasteiger partial charge < -0.3 is 9.84 Å². The molecule has 0 aromatic heterocycles. The quantitative estimate of drug-likeness (QED) is 0.747. The van der Waals surface area contributed by atoms with Crippen LogP contribution in [-0.2, 0) is 4.74 Å². The standard InChI is InChI=1S/C10H14O2/c1-3-12-8(2)9-6-4-5-7-10(9)11/h4-8,11H,3H2,1-2H3. The lowest BCUT2D eigenvalue weighted by Crippen LogP contribution is -1.99. The monoisotopic (exact) mass is 166 g/mol. The van der Waals surface area contributed by atoms with Crippen LogP contribution in [0.15, 0.2) is 24.3 Å². The van der Waals surface area contributed by atoms with E-state index in [-0.39, 0.29) is 6.10 Å². The molecule has 0 fully saturated rings. The Morgan fingerprint density at radius 2 is 2.08 bits per heavy atom.